The molecule has 0 saturated carbocycles. The highest BCUT2D eigenvalue weighted by atomic mass is 35.5. The van der Waals surface area contributed by atoms with Gasteiger partial charge in [0.25, 0.3) is 5.56 Å². The van der Waals surface area contributed by atoms with E-state index in [1.54, 1.807) is 25.2 Å². The van der Waals surface area contributed by atoms with E-state index in [1.165, 1.54) is 29.4 Å². The zero-order valence-electron chi connectivity index (χ0n) is 21.0. The van der Waals surface area contributed by atoms with Crippen molar-refractivity contribution in [2.45, 2.75) is 13.1 Å². The molecule has 6 rings (SSSR count). The summed E-state index contributed by atoms with van der Waals surface area (Å²) in [6, 6.07) is 11.4. The van der Waals surface area contributed by atoms with Gasteiger partial charge < -0.3 is 4.42 Å². The highest BCUT2D eigenvalue weighted by molar-refractivity contribution is 6.34. The van der Waals surface area contributed by atoms with Gasteiger partial charge in [-0.15, -0.1) is 0 Å². The number of rotatable bonds is 5. The number of aryl methyl sites for hydroxylation is 1. The molecule has 0 aliphatic carbocycles. The maximum atomic E-state index is 14.1. The maximum absolute atomic E-state index is 14.1. The number of aromatic nitrogens is 5. The molecule has 0 N–H and O–H groups in total. The highest BCUT2D eigenvalue weighted by Gasteiger charge is 2.23. The Morgan fingerprint density at radius 1 is 1.00 bits per heavy atom. The predicted octanol–water partition coefficient (Wildman–Crippen LogP) is 4.74. The highest BCUT2D eigenvalue weighted by Crippen LogP contribution is 2.38. The summed E-state index contributed by atoms with van der Waals surface area (Å²) < 4.78 is 51.1. The predicted molar refractivity (Wildman–Crippen MR) is 143 cm³/mol. The van der Waals surface area contributed by atoms with Crippen LogP contribution in [0.15, 0.2) is 69.1 Å². The molecule has 13 heteroatoms. The van der Waals surface area contributed by atoms with Gasteiger partial charge in [-0.1, -0.05) is 11.6 Å². The molecule has 0 spiro atoms. The first-order valence-corrected chi connectivity index (χ1v) is 12.4. The summed E-state index contributed by atoms with van der Waals surface area (Å²) in [5.41, 5.74) is -0.261. The number of hydrogen-bond donors (Lipinski definition) is 0. The third-order valence-corrected chi connectivity index (χ3v) is 6.98. The fraction of sp³-hybridized carbons (Fsp3) is 0.107. The summed E-state index contributed by atoms with van der Waals surface area (Å²) in [6.45, 7) is -0.739. The largest absolute Gasteiger partial charge is 0.463 e. The van der Waals surface area contributed by atoms with Crippen molar-refractivity contribution in [2.75, 3.05) is 0 Å². The number of furan rings is 1. The molecule has 0 radical (unpaired) electrons. The fourth-order valence-corrected chi connectivity index (χ4v) is 5.02. The monoisotopic (exact) mass is 576 g/mol. The minimum absolute atomic E-state index is 0.0000955. The van der Waals surface area contributed by atoms with Gasteiger partial charge in [0.15, 0.2) is 23.3 Å². The zero-order chi connectivity index (χ0) is 29.0. The van der Waals surface area contributed by atoms with Gasteiger partial charge in [0.1, 0.15) is 17.3 Å². The lowest BCUT2D eigenvalue weighted by molar-refractivity contribution is 0.444. The Morgan fingerprint density at radius 3 is 2.44 bits per heavy atom. The van der Waals surface area contributed by atoms with E-state index in [-0.39, 0.29) is 39.4 Å². The Morgan fingerprint density at radius 2 is 1.76 bits per heavy atom. The fourth-order valence-electron chi connectivity index (χ4n) is 4.80. The topological polar surface area (TPSA) is 112 Å². The van der Waals surface area contributed by atoms with Crippen LogP contribution in [0.5, 0.6) is 0 Å². The van der Waals surface area contributed by atoms with Crippen molar-refractivity contribution >= 4 is 33.5 Å². The third kappa shape index (κ3) is 4.36. The summed E-state index contributed by atoms with van der Waals surface area (Å²) in [5, 5.41) is 14.3. The average molecular weight is 577 g/mol. The second-order valence-corrected chi connectivity index (χ2v) is 9.66. The van der Waals surface area contributed by atoms with Gasteiger partial charge in [-0.05, 0) is 53.6 Å². The van der Waals surface area contributed by atoms with Gasteiger partial charge in [-0.25, -0.2) is 22.9 Å². The summed E-state index contributed by atoms with van der Waals surface area (Å²) in [4.78, 5) is 31.8. The molecular weight excluding hydrogens is 561 g/mol. The van der Waals surface area contributed by atoms with Crippen LogP contribution in [-0.4, -0.2) is 23.9 Å². The molecule has 0 fully saturated rings. The van der Waals surface area contributed by atoms with Crippen LogP contribution in [0.1, 0.15) is 17.0 Å². The second-order valence-electron chi connectivity index (χ2n) is 9.26. The molecule has 3 aromatic carbocycles. The van der Waals surface area contributed by atoms with Crippen molar-refractivity contribution in [3.8, 4) is 17.2 Å². The summed E-state index contributed by atoms with van der Waals surface area (Å²) in [5.74, 6) is -4.34. The summed E-state index contributed by atoms with van der Waals surface area (Å²) in [6.07, 6.45) is 2.76. The Labute approximate surface area is 232 Å². The van der Waals surface area contributed by atoms with Crippen molar-refractivity contribution in [1.82, 2.24) is 23.9 Å². The first kappa shape index (κ1) is 26.1. The molecule has 0 saturated heterocycles. The lowest BCUT2D eigenvalue weighted by Gasteiger charge is -2.16. The number of halogens is 4. The Bertz CT molecular complexity index is 2170. The third-order valence-electron chi connectivity index (χ3n) is 6.65. The molecule has 6 aromatic rings. The molecule has 3 aromatic heterocycles. The summed E-state index contributed by atoms with van der Waals surface area (Å²) >= 11 is 6.50. The van der Waals surface area contributed by atoms with Gasteiger partial charge in [0, 0.05) is 23.0 Å². The molecule has 9 nitrogen and oxygen atoms in total. The zero-order valence-corrected chi connectivity index (χ0v) is 21.8. The maximum Gasteiger partial charge on any atom is 0.332 e. The number of fused-ring (bicyclic) bond motifs is 3. The van der Waals surface area contributed by atoms with E-state index in [2.05, 4.69) is 10.1 Å². The molecule has 41 heavy (non-hydrogen) atoms. The van der Waals surface area contributed by atoms with Crippen LogP contribution in [0.4, 0.5) is 13.2 Å². The van der Waals surface area contributed by atoms with Gasteiger partial charge in [-0.2, -0.15) is 10.4 Å². The molecule has 3 heterocycles. The van der Waals surface area contributed by atoms with Crippen molar-refractivity contribution in [1.29, 1.82) is 5.26 Å². The van der Waals surface area contributed by atoms with E-state index in [4.69, 9.17) is 16.0 Å². The molecule has 0 unspecified atom stereocenters. The second kappa shape index (κ2) is 9.79. The smallest absolute Gasteiger partial charge is 0.332 e. The SMILES string of the molecule is Cn1cnc(Cn2c(=O)c3c4occc4c(-c4cc(C#N)ccc4Cl)cc3n(Cc3cc(F)c(F)c(F)c3)c2=O)n1. The number of nitrogens with zero attached hydrogens (tertiary/aromatic N) is 6. The standard InChI is InChI=1S/C28H16ClF3N6O3/c1-36-13-34-23(35-36)12-38-27(39)24-22(37(28(38)40)11-15-7-20(30)25(32)21(31)8-15)9-17(16-4-5-41-26(16)24)18-6-14(10-33)2-3-19(18)29/h2-9,13H,11-12H2,1H3. The normalized spacial score (nSPS) is 11.4. The first-order chi connectivity index (χ1) is 19.7. The first-order valence-electron chi connectivity index (χ1n) is 12.0. The van der Waals surface area contributed by atoms with Crippen molar-refractivity contribution in [3.63, 3.8) is 0 Å². The Hall–Kier alpha value is -5.15. The van der Waals surface area contributed by atoms with E-state index < -0.39 is 35.2 Å². The van der Waals surface area contributed by atoms with Gasteiger partial charge in [0.2, 0.25) is 0 Å². The van der Waals surface area contributed by atoms with Crippen LogP contribution in [-0.2, 0) is 20.1 Å². The molecular formula is C28H16ClF3N6O3. The van der Waals surface area contributed by atoms with E-state index in [1.807, 2.05) is 6.07 Å². The van der Waals surface area contributed by atoms with E-state index >= 15 is 0 Å². The quantitative estimate of drug-likeness (QED) is 0.274. The minimum Gasteiger partial charge on any atom is -0.463 e. The van der Waals surface area contributed by atoms with Crippen LogP contribution in [0.25, 0.3) is 33.0 Å². The van der Waals surface area contributed by atoms with E-state index in [0.29, 0.717) is 22.1 Å². The molecule has 0 amide bonds. The average Bonchev–Trinajstić information content (AvgIpc) is 3.60. The van der Waals surface area contributed by atoms with Crippen LogP contribution in [0, 0.1) is 28.8 Å². The van der Waals surface area contributed by atoms with E-state index in [0.717, 1.165) is 21.3 Å². The molecule has 0 aliphatic heterocycles. The van der Waals surface area contributed by atoms with Crippen molar-refractivity contribution in [3.05, 3.63) is 115 Å². The van der Waals surface area contributed by atoms with Crippen LogP contribution in [0.2, 0.25) is 5.02 Å². The number of hydrogen-bond acceptors (Lipinski definition) is 6. The van der Waals surface area contributed by atoms with E-state index in [9.17, 15) is 28.0 Å². The Balaban J connectivity index is 1.71. The lowest BCUT2D eigenvalue weighted by Crippen LogP contribution is -2.41. The molecule has 0 atom stereocenters. The van der Waals surface area contributed by atoms with Crippen LogP contribution < -0.4 is 11.2 Å². The lowest BCUT2D eigenvalue weighted by atomic mass is 9.98. The molecule has 0 bridgehead atoms. The van der Waals surface area contributed by atoms with Gasteiger partial charge in [0.05, 0.1) is 36.5 Å². The molecule has 0 aliphatic rings. The van der Waals surface area contributed by atoms with Crippen LogP contribution in [0.3, 0.4) is 0 Å². The number of nitriles is 1. The number of benzene rings is 3. The Kier molecular flexibility index (Phi) is 6.23. The minimum atomic E-state index is -1.65. The molecule has 204 valence electrons. The van der Waals surface area contributed by atoms with Gasteiger partial charge >= 0.3 is 5.69 Å². The summed E-state index contributed by atoms with van der Waals surface area (Å²) in [7, 11) is 1.62. The van der Waals surface area contributed by atoms with Gasteiger partial charge in [-0.3, -0.25) is 18.6 Å². The van der Waals surface area contributed by atoms with Crippen molar-refractivity contribution in [2.24, 2.45) is 7.05 Å². The van der Waals surface area contributed by atoms with Crippen molar-refractivity contribution < 1.29 is 17.6 Å². The van der Waals surface area contributed by atoms with Crippen LogP contribution >= 0.6 is 11.6 Å².